The van der Waals surface area contributed by atoms with Crippen molar-refractivity contribution in [2.24, 2.45) is 5.73 Å². The summed E-state index contributed by atoms with van der Waals surface area (Å²) in [6, 6.07) is 5.77. The average Bonchev–Trinajstić information content (AvgIpc) is 2.81. The van der Waals surface area contributed by atoms with Crippen molar-refractivity contribution in [3.8, 4) is 0 Å². The zero-order chi connectivity index (χ0) is 13.8. The van der Waals surface area contributed by atoms with E-state index in [4.69, 9.17) is 17.3 Å². The molecule has 1 atom stereocenters. The number of hydrogen-bond acceptors (Lipinski definition) is 4. The van der Waals surface area contributed by atoms with E-state index in [0.29, 0.717) is 6.42 Å². The molecule has 3 nitrogen and oxygen atoms in total. The van der Waals surface area contributed by atoms with Crippen molar-refractivity contribution < 1.29 is 0 Å². The van der Waals surface area contributed by atoms with Crippen LogP contribution in [0.5, 0.6) is 0 Å². The number of rotatable bonds is 5. The molecular formula is C13H15BrClN3S. The van der Waals surface area contributed by atoms with Crippen LogP contribution >= 0.6 is 39.1 Å². The Morgan fingerprint density at radius 3 is 2.95 bits per heavy atom. The first kappa shape index (κ1) is 14.9. The third-order valence-corrected chi connectivity index (χ3v) is 4.61. The molecule has 2 N–H and O–H groups in total. The smallest absolute Gasteiger partial charge is 0.0803 e. The van der Waals surface area contributed by atoms with Gasteiger partial charge in [-0.25, -0.2) is 0 Å². The largest absolute Gasteiger partial charge is 0.323 e. The van der Waals surface area contributed by atoms with Crippen molar-refractivity contribution >= 4 is 39.1 Å². The van der Waals surface area contributed by atoms with Crippen LogP contribution in [-0.4, -0.2) is 9.59 Å². The number of aryl methyl sites for hydroxylation is 1. The van der Waals surface area contributed by atoms with Gasteiger partial charge in [-0.3, -0.25) is 0 Å². The van der Waals surface area contributed by atoms with Gasteiger partial charge in [-0.15, -0.1) is 5.10 Å². The highest BCUT2D eigenvalue weighted by Crippen LogP contribution is 2.27. The average molecular weight is 361 g/mol. The van der Waals surface area contributed by atoms with Gasteiger partial charge in [0.05, 0.1) is 10.6 Å². The van der Waals surface area contributed by atoms with Crippen LogP contribution in [0.25, 0.3) is 0 Å². The van der Waals surface area contributed by atoms with Gasteiger partial charge in [0.15, 0.2) is 0 Å². The predicted octanol–water partition coefficient (Wildman–Crippen LogP) is 4.15. The Kier molecular flexibility index (Phi) is 5.33. The molecule has 1 aromatic carbocycles. The van der Waals surface area contributed by atoms with Crippen LogP contribution in [0, 0.1) is 0 Å². The van der Waals surface area contributed by atoms with E-state index in [2.05, 4.69) is 32.4 Å². The lowest BCUT2D eigenvalue weighted by molar-refractivity contribution is 0.715. The van der Waals surface area contributed by atoms with Gasteiger partial charge in [0, 0.05) is 15.5 Å². The van der Waals surface area contributed by atoms with E-state index >= 15 is 0 Å². The molecule has 0 aliphatic heterocycles. The zero-order valence-electron chi connectivity index (χ0n) is 10.6. The van der Waals surface area contributed by atoms with E-state index in [0.717, 1.165) is 38.5 Å². The minimum Gasteiger partial charge on any atom is -0.323 e. The Morgan fingerprint density at radius 1 is 1.47 bits per heavy atom. The van der Waals surface area contributed by atoms with E-state index in [-0.39, 0.29) is 6.04 Å². The Hall–Kier alpha value is -0.490. The van der Waals surface area contributed by atoms with Crippen molar-refractivity contribution in [2.75, 3.05) is 0 Å². The first-order valence-electron chi connectivity index (χ1n) is 6.12. The number of hydrogen-bond donors (Lipinski definition) is 1. The SMILES string of the molecule is CCCc1nnsc1C(N)Cc1ccc(Br)cc1Cl. The molecule has 0 amide bonds. The fourth-order valence-corrected chi connectivity index (χ4v) is 3.37. The molecule has 1 unspecified atom stereocenters. The van der Waals surface area contributed by atoms with Crippen molar-refractivity contribution in [2.45, 2.75) is 32.2 Å². The third kappa shape index (κ3) is 3.75. The Morgan fingerprint density at radius 2 is 2.26 bits per heavy atom. The van der Waals surface area contributed by atoms with Gasteiger partial charge in [-0.2, -0.15) is 0 Å². The molecule has 19 heavy (non-hydrogen) atoms. The molecule has 0 spiro atoms. The zero-order valence-corrected chi connectivity index (χ0v) is 13.7. The van der Waals surface area contributed by atoms with Gasteiger partial charge in [-0.1, -0.05) is 51.4 Å². The Bertz CT molecular complexity index is 559. The lowest BCUT2D eigenvalue weighted by Gasteiger charge is -2.12. The highest BCUT2D eigenvalue weighted by atomic mass is 79.9. The topological polar surface area (TPSA) is 51.8 Å². The number of aromatic nitrogens is 2. The van der Waals surface area contributed by atoms with Gasteiger partial charge in [0.2, 0.25) is 0 Å². The summed E-state index contributed by atoms with van der Waals surface area (Å²) in [5, 5.41) is 4.89. The normalized spacial score (nSPS) is 12.6. The van der Waals surface area contributed by atoms with E-state index in [9.17, 15) is 0 Å². The maximum atomic E-state index is 6.27. The van der Waals surface area contributed by atoms with Crippen molar-refractivity contribution in [1.82, 2.24) is 9.59 Å². The quantitative estimate of drug-likeness (QED) is 0.871. The monoisotopic (exact) mass is 359 g/mol. The van der Waals surface area contributed by atoms with E-state index in [1.807, 2.05) is 18.2 Å². The second-order valence-electron chi connectivity index (χ2n) is 4.38. The Balaban J connectivity index is 2.16. The maximum Gasteiger partial charge on any atom is 0.0803 e. The summed E-state index contributed by atoms with van der Waals surface area (Å²) in [5.41, 5.74) is 8.34. The van der Waals surface area contributed by atoms with Crippen LogP contribution in [-0.2, 0) is 12.8 Å². The van der Waals surface area contributed by atoms with E-state index in [1.54, 1.807) is 0 Å². The highest BCUT2D eigenvalue weighted by Gasteiger charge is 2.16. The lowest BCUT2D eigenvalue weighted by atomic mass is 10.0. The summed E-state index contributed by atoms with van der Waals surface area (Å²) in [5.74, 6) is 0. The van der Waals surface area contributed by atoms with Crippen LogP contribution in [0.1, 0.15) is 35.5 Å². The molecule has 0 saturated heterocycles. The van der Waals surface area contributed by atoms with E-state index in [1.165, 1.54) is 11.5 Å². The molecule has 102 valence electrons. The van der Waals surface area contributed by atoms with Crippen molar-refractivity contribution in [3.63, 3.8) is 0 Å². The summed E-state index contributed by atoms with van der Waals surface area (Å²) in [7, 11) is 0. The molecule has 0 radical (unpaired) electrons. The Labute approximate surface area is 130 Å². The van der Waals surface area contributed by atoms with E-state index < -0.39 is 0 Å². The summed E-state index contributed by atoms with van der Waals surface area (Å²) in [4.78, 5) is 1.07. The molecule has 2 rings (SSSR count). The van der Waals surface area contributed by atoms with Crippen LogP contribution in [0.4, 0.5) is 0 Å². The second-order valence-corrected chi connectivity index (χ2v) is 6.49. The van der Waals surface area contributed by atoms with Crippen LogP contribution in [0.15, 0.2) is 22.7 Å². The summed E-state index contributed by atoms with van der Waals surface area (Å²) in [6.07, 6.45) is 2.67. The number of halogens is 2. The molecule has 2 aromatic rings. The molecule has 1 aromatic heterocycles. The molecule has 0 saturated carbocycles. The van der Waals surface area contributed by atoms with Gasteiger partial charge in [0.1, 0.15) is 0 Å². The first-order valence-corrected chi connectivity index (χ1v) is 8.07. The lowest BCUT2D eigenvalue weighted by Crippen LogP contribution is -2.14. The van der Waals surface area contributed by atoms with Crippen molar-refractivity contribution in [1.29, 1.82) is 0 Å². The molecule has 0 aliphatic carbocycles. The summed E-state index contributed by atoms with van der Waals surface area (Å²) in [6.45, 7) is 2.13. The van der Waals surface area contributed by atoms with Crippen molar-refractivity contribution in [3.05, 3.63) is 43.8 Å². The fourth-order valence-electron chi connectivity index (χ4n) is 1.92. The summed E-state index contributed by atoms with van der Waals surface area (Å²) >= 11 is 11.0. The third-order valence-electron chi connectivity index (χ3n) is 2.86. The van der Waals surface area contributed by atoms with Gasteiger partial charge < -0.3 is 5.73 Å². The predicted molar refractivity (Wildman–Crippen MR) is 83.7 cm³/mol. The van der Waals surface area contributed by atoms with Crippen LogP contribution in [0.2, 0.25) is 5.02 Å². The molecule has 0 aliphatic rings. The fraction of sp³-hybridized carbons (Fsp3) is 0.385. The van der Waals surface area contributed by atoms with Gasteiger partial charge >= 0.3 is 0 Å². The standard InChI is InChI=1S/C13H15BrClN3S/c1-2-3-12-13(19-18-17-12)11(16)6-8-4-5-9(14)7-10(8)15/h4-5,7,11H,2-3,6,16H2,1H3. The second kappa shape index (κ2) is 6.79. The summed E-state index contributed by atoms with van der Waals surface area (Å²) < 4.78 is 4.98. The van der Waals surface area contributed by atoms with Gasteiger partial charge in [-0.05, 0) is 42.1 Å². The molecular weight excluding hydrogens is 346 g/mol. The number of nitrogens with two attached hydrogens (primary N) is 1. The molecule has 0 fully saturated rings. The minimum absolute atomic E-state index is 0.0970. The number of benzene rings is 1. The highest BCUT2D eigenvalue weighted by molar-refractivity contribution is 9.10. The minimum atomic E-state index is -0.0970. The maximum absolute atomic E-state index is 6.27. The molecule has 0 bridgehead atoms. The molecule has 1 heterocycles. The van der Waals surface area contributed by atoms with Crippen LogP contribution in [0.3, 0.4) is 0 Å². The first-order chi connectivity index (χ1) is 9.11. The van der Waals surface area contributed by atoms with Gasteiger partial charge in [0.25, 0.3) is 0 Å². The number of nitrogens with zero attached hydrogens (tertiary/aromatic N) is 2. The molecule has 6 heteroatoms. The van der Waals surface area contributed by atoms with Crippen LogP contribution < -0.4 is 5.73 Å².